The molecule has 0 aliphatic heterocycles. The van der Waals surface area contributed by atoms with Gasteiger partial charge in [-0.25, -0.2) is 0 Å². The van der Waals surface area contributed by atoms with E-state index in [4.69, 9.17) is 5.73 Å². The Labute approximate surface area is 116 Å². The molecule has 3 rings (SSSR count). The van der Waals surface area contributed by atoms with Crippen LogP contribution in [0.1, 0.15) is 11.1 Å². The van der Waals surface area contributed by atoms with Gasteiger partial charge < -0.3 is 5.73 Å². The van der Waals surface area contributed by atoms with E-state index in [1.54, 1.807) is 13.0 Å². The van der Waals surface area contributed by atoms with E-state index < -0.39 is 11.7 Å². The van der Waals surface area contributed by atoms with Crippen LogP contribution in [0.3, 0.4) is 0 Å². The van der Waals surface area contributed by atoms with Crippen LogP contribution in [-0.4, -0.2) is 25.6 Å². The Kier molecular flexibility index (Phi) is 2.78. The van der Waals surface area contributed by atoms with Crippen molar-refractivity contribution in [2.45, 2.75) is 13.1 Å². The molecule has 9 heteroatoms. The molecule has 0 bridgehead atoms. The minimum absolute atomic E-state index is 0.0864. The van der Waals surface area contributed by atoms with Crippen molar-refractivity contribution in [2.75, 3.05) is 5.73 Å². The van der Waals surface area contributed by atoms with Crippen LogP contribution in [0, 0.1) is 6.92 Å². The Balaban J connectivity index is 2.25. The molecule has 21 heavy (non-hydrogen) atoms. The quantitative estimate of drug-likeness (QED) is 0.718. The summed E-state index contributed by atoms with van der Waals surface area (Å²) in [4.78, 5) is 0. The Morgan fingerprint density at radius 1 is 1.10 bits per heavy atom. The third kappa shape index (κ3) is 2.16. The van der Waals surface area contributed by atoms with Crippen molar-refractivity contribution < 1.29 is 13.2 Å². The molecule has 0 fully saturated rings. The minimum atomic E-state index is -4.50. The minimum Gasteiger partial charge on any atom is -0.382 e. The maximum Gasteiger partial charge on any atom is 0.418 e. The van der Waals surface area contributed by atoms with Gasteiger partial charge in [-0.05, 0) is 30.7 Å². The molecule has 0 amide bonds. The van der Waals surface area contributed by atoms with E-state index in [1.807, 2.05) is 0 Å². The fourth-order valence-electron chi connectivity index (χ4n) is 1.99. The van der Waals surface area contributed by atoms with Crippen LogP contribution in [0.4, 0.5) is 19.0 Å². The summed E-state index contributed by atoms with van der Waals surface area (Å²) in [7, 11) is 0. The number of rotatable bonds is 1. The SMILES string of the molecule is Cc1cc(-c2ccc(C(F)(F)F)c3n[nH]nc23)nnc1N. The van der Waals surface area contributed by atoms with Gasteiger partial charge in [0.05, 0.1) is 11.3 Å². The van der Waals surface area contributed by atoms with Crippen molar-refractivity contribution >= 4 is 16.9 Å². The van der Waals surface area contributed by atoms with E-state index in [2.05, 4.69) is 25.6 Å². The standard InChI is InChI=1S/C12H9F3N6/c1-5-4-8(17-20-11(5)16)6-2-3-7(12(13,14)15)10-9(6)18-21-19-10/h2-4H,1H3,(H2,16,20)(H,18,19,21). The number of benzene rings is 1. The van der Waals surface area contributed by atoms with E-state index in [-0.39, 0.29) is 16.9 Å². The second-order valence-corrected chi connectivity index (χ2v) is 4.48. The summed E-state index contributed by atoms with van der Waals surface area (Å²) in [6, 6.07) is 3.89. The molecule has 0 unspecified atom stereocenters. The molecular weight excluding hydrogens is 285 g/mol. The number of aryl methyl sites for hydroxylation is 1. The van der Waals surface area contributed by atoms with Gasteiger partial charge in [-0.15, -0.1) is 10.2 Å². The fourth-order valence-corrected chi connectivity index (χ4v) is 1.99. The van der Waals surface area contributed by atoms with Crippen molar-refractivity contribution in [3.05, 3.63) is 29.3 Å². The summed E-state index contributed by atoms with van der Waals surface area (Å²) >= 11 is 0. The molecule has 0 saturated carbocycles. The van der Waals surface area contributed by atoms with Crippen LogP contribution < -0.4 is 5.73 Å². The lowest BCUT2D eigenvalue weighted by molar-refractivity contribution is -0.136. The molecule has 0 saturated heterocycles. The normalized spacial score (nSPS) is 12.0. The van der Waals surface area contributed by atoms with E-state index in [1.165, 1.54) is 6.07 Å². The number of aromatic amines is 1. The van der Waals surface area contributed by atoms with Gasteiger partial charge in [0.1, 0.15) is 16.9 Å². The highest BCUT2D eigenvalue weighted by Gasteiger charge is 2.34. The monoisotopic (exact) mass is 294 g/mol. The molecule has 0 radical (unpaired) electrons. The number of nitrogens with zero attached hydrogens (tertiary/aromatic N) is 4. The number of aromatic nitrogens is 5. The van der Waals surface area contributed by atoms with Crippen molar-refractivity contribution in [2.24, 2.45) is 0 Å². The highest BCUT2D eigenvalue weighted by molar-refractivity contribution is 5.92. The average Bonchev–Trinajstić information content (AvgIpc) is 2.88. The average molecular weight is 294 g/mol. The predicted molar refractivity (Wildman–Crippen MR) is 69.1 cm³/mol. The van der Waals surface area contributed by atoms with Gasteiger partial charge in [0.15, 0.2) is 0 Å². The second-order valence-electron chi connectivity index (χ2n) is 4.48. The van der Waals surface area contributed by atoms with Crippen LogP contribution in [0.25, 0.3) is 22.3 Å². The number of hydrogen-bond acceptors (Lipinski definition) is 5. The topological polar surface area (TPSA) is 93.4 Å². The van der Waals surface area contributed by atoms with Crippen LogP contribution in [0.2, 0.25) is 0 Å². The van der Waals surface area contributed by atoms with E-state index in [9.17, 15) is 13.2 Å². The Bertz CT molecular complexity index is 823. The molecule has 108 valence electrons. The zero-order valence-corrected chi connectivity index (χ0v) is 10.7. The van der Waals surface area contributed by atoms with E-state index in [0.29, 0.717) is 16.8 Å². The molecule has 6 nitrogen and oxygen atoms in total. The molecule has 2 heterocycles. The first kappa shape index (κ1) is 13.3. The van der Waals surface area contributed by atoms with E-state index in [0.717, 1.165) is 6.07 Å². The largest absolute Gasteiger partial charge is 0.418 e. The Hall–Kier alpha value is -2.71. The number of nitrogens with two attached hydrogens (primary N) is 1. The molecule has 0 spiro atoms. The third-order valence-electron chi connectivity index (χ3n) is 3.08. The van der Waals surface area contributed by atoms with Crippen molar-refractivity contribution in [3.8, 4) is 11.3 Å². The Morgan fingerprint density at radius 2 is 1.81 bits per heavy atom. The van der Waals surface area contributed by atoms with Gasteiger partial charge in [0.2, 0.25) is 0 Å². The fraction of sp³-hybridized carbons (Fsp3) is 0.167. The number of hydrogen-bond donors (Lipinski definition) is 2. The van der Waals surface area contributed by atoms with Crippen LogP contribution in [0.5, 0.6) is 0 Å². The smallest absolute Gasteiger partial charge is 0.382 e. The number of nitrogens with one attached hydrogen (secondary N) is 1. The first-order valence-electron chi connectivity index (χ1n) is 5.89. The molecule has 0 atom stereocenters. The first-order chi connectivity index (χ1) is 9.88. The van der Waals surface area contributed by atoms with Crippen molar-refractivity contribution in [3.63, 3.8) is 0 Å². The molecule has 2 aromatic heterocycles. The second kappa shape index (κ2) is 4.40. The predicted octanol–water partition coefficient (Wildman–Crippen LogP) is 2.32. The molecule has 1 aromatic carbocycles. The van der Waals surface area contributed by atoms with Crippen LogP contribution in [-0.2, 0) is 6.18 Å². The maximum absolute atomic E-state index is 12.9. The number of anilines is 1. The van der Waals surface area contributed by atoms with Gasteiger partial charge in [0, 0.05) is 5.56 Å². The van der Waals surface area contributed by atoms with Crippen LogP contribution >= 0.6 is 0 Å². The van der Waals surface area contributed by atoms with Crippen molar-refractivity contribution in [1.29, 1.82) is 0 Å². The third-order valence-corrected chi connectivity index (χ3v) is 3.08. The maximum atomic E-state index is 12.9. The highest BCUT2D eigenvalue weighted by atomic mass is 19.4. The van der Waals surface area contributed by atoms with Gasteiger partial charge in [-0.2, -0.15) is 28.6 Å². The number of halogens is 3. The summed E-state index contributed by atoms with van der Waals surface area (Å²) < 4.78 is 38.8. The van der Waals surface area contributed by atoms with Gasteiger partial charge in [0.25, 0.3) is 0 Å². The van der Waals surface area contributed by atoms with Gasteiger partial charge in [-0.1, -0.05) is 0 Å². The zero-order chi connectivity index (χ0) is 15.2. The summed E-state index contributed by atoms with van der Waals surface area (Å²) in [6.45, 7) is 1.73. The summed E-state index contributed by atoms with van der Waals surface area (Å²) in [5, 5.41) is 17.2. The summed E-state index contributed by atoms with van der Waals surface area (Å²) in [5.41, 5.74) is 6.03. The molecule has 0 aliphatic rings. The number of H-pyrrole nitrogens is 1. The molecule has 3 N–H and O–H groups in total. The lowest BCUT2D eigenvalue weighted by Crippen LogP contribution is -2.06. The van der Waals surface area contributed by atoms with Gasteiger partial charge >= 0.3 is 6.18 Å². The van der Waals surface area contributed by atoms with E-state index >= 15 is 0 Å². The summed E-state index contributed by atoms with van der Waals surface area (Å²) in [5.74, 6) is 0.266. The molecular formula is C12H9F3N6. The lowest BCUT2D eigenvalue weighted by atomic mass is 10.0. The summed E-state index contributed by atoms with van der Waals surface area (Å²) in [6.07, 6.45) is -4.50. The zero-order valence-electron chi connectivity index (χ0n) is 10.7. The Morgan fingerprint density at radius 3 is 2.48 bits per heavy atom. The highest BCUT2D eigenvalue weighted by Crippen LogP contribution is 2.36. The first-order valence-corrected chi connectivity index (χ1v) is 5.89. The van der Waals surface area contributed by atoms with Crippen LogP contribution in [0.15, 0.2) is 18.2 Å². The molecule has 3 aromatic rings. The number of nitrogen functional groups attached to an aromatic ring is 1. The molecule has 0 aliphatic carbocycles. The van der Waals surface area contributed by atoms with Gasteiger partial charge in [-0.3, -0.25) is 0 Å². The number of fused-ring (bicyclic) bond motifs is 1. The van der Waals surface area contributed by atoms with Crippen molar-refractivity contribution in [1.82, 2.24) is 25.6 Å². The number of alkyl halides is 3. The lowest BCUT2D eigenvalue weighted by Gasteiger charge is -2.09.